The maximum absolute atomic E-state index is 6.48. The molecular weight excluding hydrogens is 408 g/mol. The van der Waals surface area contributed by atoms with Crippen LogP contribution in [0.1, 0.15) is 59.0 Å². The zero-order chi connectivity index (χ0) is 21.6. The highest BCUT2D eigenvalue weighted by Crippen LogP contribution is 2.46. The van der Waals surface area contributed by atoms with E-state index in [9.17, 15) is 0 Å². The van der Waals surface area contributed by atoms with Gasteiger partial charge < -0.3 is 4.74 Å². The number of likely N-dealkylation sites (tertiary alicyclic amines) is 1. The van der Waals surface area contributed by atoms with E-state index in [1.165, 1.54) is 21.7 Å². The Labute approximate surface area is 188 Å². The minimum Gasteiger partial charge on any atom is -0.370 e. The van der Waals surface area contributed by atoms with E-state index >= 15 is 0 Å². The third-order valence-corrected chi connectivity index (χ3v) is 8.42. The molecule has 7 nitrogen and oxygen atoms in total. The van der Waals surface area contributed by atoms with Gasteiger partial charge in [-0.15, -0.1) is 16.4 Å². The van der Waals surface area contributed by atoms with Crippen LogP contribution < -0.4 is 0 Å². The average Bonchev–Trinajstić information content (AvgIpc) is 3.46. The van der Waals surface area contributed by atoms with Crippen LogP contribution in [-0.4, -0.2) is 48.9 Å². The lowest BCUT2D eigenvalue weighted by Gasteiger charge is -2.47. The number of aryl methyl sites for hydroxylation is 2. The van der Waals surface area contributed by atoms with E-state index < -0.39 is 0 Å². The number of rotatable bonds is 5. The third kappa shape index (κ3) is 3.85. The van der Waals surface area contributed by atoms with Crippen LogP contribution in [0.2, 0.25) is 0 Å². The van der Waals surface area contributed by atoms with E-state index in [1.807, 2.05) is 33.9 Å². The van der Waals surface area contributed by atoms with Crippen LogP contribution in [0, 0.1) is 6.92 Å². The number of hydrogen-bond acceptors (Lipinski definition) is 6. The molecule has 5 heterocycles. The smallest absolute Gasteiger partial charge is 0.0969 e. The normalized spacial score (nSPS) is 24.1. The molecule has 2 atom stereocenters. The first-order valence-electron chi connectivity index (χ1n) is 11.3. The molecule has 0 aliphatic carbocycles. The lowest BCUT2D eigenvalue weighted by Crippen LogP contribution is -2.50. The molecule has 0 unspecified atom stereocenters. The van der Waals surface area contributed by atoms with Gasteiger partial charge in [0, 0.05) is 53.6 Å². The van der Waals surface area contributed by atoms with Gasteiger partial charge >= 0.3 is 0 Å². The first-order chi connectivity index (χ1) is 15.0. The average molecular weight is 441 g/mol. The summed E-state index contributed by atoms with van der Waals surface area (Å²) in [6.07, 6.45) is 8.26. The Kier molecular flexibility index (Phi) is 5.48. The van der Waals surface area contributed by atoms with Gasteiger partial charge in [0.05, 0.1) is 36.8 Å². The van der Waals surface area contributed by atoms with Crippen molar-refractivity contribution in [1.29, 1.82) is 0 Å². The topological polar surface area (TPSA) is 61.0 Å². The second kappa shape index (κ2) is 8.15. The fraction of sp³-hybridized carbons (Fsp3) is 0.609. The van der Waals surface area contributed by atoms with Crippen LogP contribution in [0.4, 0.5) is 0 Å². The Morgan fingerprint density at radius 3 is 2.94 bits per heavy atom. The number of piperidine rings is 1. The summed E-state index contributed by atoms with van der Waals surface area (Å²) in [6, 6.07) is 2.86. The molecule has 1 spiro atoms. The molecule has 2 aliphatic rings. The van der Waals surface area contributed by atoms with Crippen molar-refractivity contribution >= 4 is 11.3 Å². The highest BCUT2D eigenvalue weighted by molar-refractivity contribution is 7.12. The van der Waals surface area contributed by atoms with Crippen LogP contribution in [0.15, 0.2) is 18.5 Å². The molecule has 166 valence electrons. The summed E-state index contributed by atoms with van der Waals surface area (Å²) in [5.74, 6) is 0. The Morgan fingerprint density at radius 1 is 1.32 bits per heavy atom. The van der Waals surface area contributed by atoms with Gasteiger partial charge in [0.2, 0.25) is 0 Å². The largest absolute Gasteiger partial charge is 0.370 e. The van der Waals surface area contributed by atoms with Gasteiger partial charge in [0.1, 0.15) is 0 Å². The molecule has 3 aromatic heterocycles. The quantitative estimate of drug-likeness (QED) is 0.608. The molecule has 0 N–H and O–H groups in total. The van der Waals surface area contributed by atoms with Crippen molar-refractivity contribution in [2.45, 2.75) is 71.2 Å². The molecule has 1 fully saturated rings. The summed E-state index contributed by atoms with van der Waals surface area (Å²) in [5, 5.41) is 13.1. The van der Waals surface area contributed by atoms with Crippen molar-refractivity contribution in [1.82, 2.24) is 29.7 Å². The Hall–Kier alpha value is -2.03. The Bertz CT molecular complexity index is 1070. The highest BCUT2D eigenvalue weighted by Gasteiger charge is 2.44. The molecule has 3 aromatic rings. The zero-order valence-electron chi connectivity index (χ0n) is 19.0. The summed E-state index contributed by atoms with van der Waals surface area (Å²) < 4.78 is 10.3. The van der Waals surface area contributed by atoms with E-state index in [0.717, 1.165) is 51.1 Å². The van der Waals surface area contributed by atoms with Crippen LogP contribution in [0.3, 0.4) is 0 Å². The van der Waals surface area contributed by atoms with Crippen molar-refractivity contribution < 1.29 is 4.74 Å². The van der Waals surface area contributed by atoms with Crippen LogP contribution in [-0.2, 0) is 43.3 Å². The van der Waals surface area contributed by atoms with Crippen molar-refractivity contribution in [2.24, 2.45) is 7.05 Å². The van der Waals surface area contributed by atoms with Crippen molar-refractivity contribution in [3.8, 4) is 0 Å². The molecule has 8 heteroatoms. The fourth-order valence-corrected chi connectivity index (χ4v) is 6.26. The molecule has 0 aromatic carbocycles. The lowest BCUT2D eigenvalue weighted by molar-refractivity contribution is -0.112. The molecule has 0 amide bonds. The molecular formula is C23H32N6OS. The van der Waals surface area contributed by atoms with E-state index in [-0.39, 0.29) is 5.60 Å². The van der Waals surface area contributed by atoms with Gasteiger partial charge in [-0.1, -0.05) is 12.1 Å². The SMILES string of the molecule is CCc1cc2c(s1)CCO[C@@]21CCN(Cc2cn(Cc3cnn(C)c3C)nn2)[C@@H](C)C1. The third-order valence-electron chi connectivity index (χ3n) is 7.08. The number of aromatic nitrogens is 5. The molecule has 0 radical (unpaired) electrons. The molecule has 31 heavy (non-hydrogen) atoms. The number of fused-ring (bicyclic) bond motifs is 2. The Balaban J connectivity index is 1.26. The standard InChI is InChI=1S/C23H32N6OS/c1-5-20-10-21-22(31-20)6-9-30-23(21)7-8-28(16(2)11-23)14-19-15-29(26-25-19)13-18-12-24-27(4)17(18)3/h10,12,15-16H,5-9,11,13-14H2,1-4H3/t16-,23+/m0/s1. The van der Waals surface area contributed by atoms with Gasteiger partial charge in [0.15, 0.2) is 0 Å². The minimum atomic E-state index is -0.0944. The molecule has 0 bridgehead atoms. The zero-order valence-corrected chi connectivity index (χ0v) is 19.8. The van der Waals surface area contributed by atoms with Gasteiger partial charge in [-0.05, 0) is 44.7 Å². The summed E-state index contributed by atoms with van der Waals surface area (Å²) in [6.45, 7) is 10.1. The minimum absolute atomic E-state index is 0.0944. The van der Waals surface area contributed by atoms with Gasteiger partial charge in [-0.2, -0.15) is 5.10 Å². The maximum Gasteiger partial charge on any atom is 0.0969 e. The van der Waals surface area contributed by atoms with E-state index in [2.05, 4.69) is 53.3 Å². The predicted octanol–water partition coefficient (Wildman–Crippen LogP) is 3.44. The van der Waals surface area contributed by atoms with E-state index in [1.54, 1.807) is 4.88 Å². The number of nitrogens with zero attached hydrogens (tertiary/aromatic N) is 6. The second-order valence-electron chi connectivity index (χ2n) is 9.06. The van der Waals surface area contributed by atoms with Gasteiger partial charge in [-0.3, -0.25) is 9.58 Å². The van der Waals surface area contributed by atoms with Crippen LogP contribution >= 0.6 is 11.3 Å². The fourth-order valence-electron chi connectivity index (χ4n) is 5.08. The van der Waals surface area contributed by atoms with Gasteiger partial charge in [0.25, 0.3) is 0 Å². The van der Waals surface area contributed by atoms with Crippen molar-refractivity contribution in [3.05, 3.63) is 50.7 Å². The monoisotopic (exact) mass is 440 g/mol. The van der Waals surface area contributed by atoms with Crippen molar-refractivity contribution in [2.75, 3.05) is 13.2 Å². The first-order valence-corrected chi connectivity index (χ1v) is 12.2. The summed E-state index contributed by atoms with van der Waals surface area (Å²) in [4.78, 5) is 5.57. The lowest BCUT2D eigenvalue weighted by atomic mass is 9.79. The first kappa shape index (κ1) is 20.8. The number of ether oxygens (including phenoxy) is 1. The maximum atomic E-state index is 6.48. The van der Waals surface area contributed by atoms with E-state index in [0.29, 0.717) is 12.6 Å². The van der Waals surface area contributed by atoms with Crippen LogP contribution in [0.5, 0.6) is 0 Å². The summed E-state index contributed by atoms with van der Waals surface area (Å²) >= 11 is 1.99. The molecule has 5 rings (SSSR count). The van der Waals surface area contributed by atoms with Crippen LogP contribution in [0.25, 0.3) is 0 Å². The number of thiophene rings is 1. The summed E-state index contributed by atoms with van der Waals surface area (Å²) in [5.41, 5.74) is 4.75. The van der Waals surface area contributed by atoms with Gasteiger partial charge in [-0.25, -0.2) is 4.68 Å². The second-order valence-corrected chi connectivity index (χ2v) is 10.3. The predicted molar refractivity (Wildman–Crippen MR) is 121 cm³/mol. The highest BCUT2D eigenvalue weighted by atomic mass is 32.1. The molecule has 0 saturated carbocycles. The molecule has 2 aliphatic heterocycles. The molecule has 1 saturated heterocycles. The number of hydrogen-bond donors (Lipinski definition) is 0. The van der Waals surface area contributed by atoms with Crippen molar-refractivity contribution in [3.63, 3.8) is 0 Å². The summed E-state index contributed by atoms with van der Waals surface area (Å²) in [7, 11) is 1.97. The van der Waals surface area contributed by atoms with E-state index in [4.69, 9.17) is 4.74 Å². The Morgan fingerprint density at radius 2 is 2.19 bits per heavy atom.